The van der Waals surface area contributed by atoms with Crippen LogP contribution >= 0.6 is 0 Å². The molecule has 2 saturated carbocycles. The number of rotatable bonds is 9. The van der Waals surface area contributed by atoms with Gasteiger partial charge in [-0.3, -0.25) is 0 Å². The first-order valence-electron chi connectivity index (χ1n) is 12.3. The number of benzene rings is 1. The minimum Gasteiger partial charge on any atom is -0.204 e. The summed E-state index contributed by atoms with van der Waals surface area (Å²) in [5, 5.41) is 0. The van der Waals surface area contributed by atoms with Crippen molar-refractivity contribution in [2.75, 3.05) is 0 Å². The lowest BCUT2D eigenvalue weighted by molar-refractivity contribution is 0.143. The third kappa shape index (κ3) is 6.89. The zero-order chi connectivity index (χ0) is 21.3. The molecule has 2 fully saturated rings. The maximum atomic E-state index is 13.3. The molecule has 0 nitrogen and oxygen atoms in total. The van der Waals surface area contributed by atoms with Crippen LogP contribution in [0.5, 0.6) is 0 Å². The van der Waals surface area contributed by atoms with E-state index >= 15 is 0 Å². The van der Waals surface area contributed by atoms with Gasteiger partial charge in [0.25, 0.3) is 0 Å². The Hall–Kier alpha value is -1.25. The molecule has 2 aliphatic rings. The van der Waals surface area contributed by atoms with Crippen LogP contribution in [-0.4, -0.2) is 0 Å². The average Bonchev–Trinajstić information content (AvgIpc) is 2.76. The molecule has 0 radical (unpaired) electrons. The van der Waals surface area contributed by atoms with Gasteiger partial charge in [-0.15, -0.1) is 0 Å². The van der Waals surface area contributed by atoms with E-state index in [1.807, 2.05) is 6.08 Å². The molecule has 2 aliphatic carbocycles. The van der Waals surface area contributed by atoms with Gasteiger partial charge in [-0.2, -0.15) is 0 Å². The normalized spacial score (nSPS) is 27.6. The fraction of sp³-hybridized carbons (Fsp3) is 0.704. The Labute approximate surface area is 181 Å². The van der Waals surface area contributed by atoms with E-state index in [4.69, 9.17) is 0 Å². The molecule has 0 atom stereocenters. The van der Waals surface area contributed by atoms with E-state index < -0.39 is 17.5 Å². The summed E-state index contributed by atoms with van der Waals surface area (Å²) in [5.74, 6) is 0.0454. The third-order valence-corrected chi connectivity index (χ3v) is 7.70. The molecular weight excluding hydrogens is 381 g/mol. The monoisotopic (exact) mass is 420 g/mol. The van der Waals surface area contributed by atoms with E-state index in [2.05, 4.69) is 13.0 Å². The van der Waals surface area contributed by atoms with Gasteiger partial charge in [0.05, 0.1) is 0 Å². The van der Waals surface area contributed by atoms with Crippen molar-refractivity contribution in [3.05, 3.63) is 47.3 Å². The van der Waals surface area contributed by atoms with Crippen molar-refractivity contribution in [3.8, 4) is 0 Å². The zero-order valence-electron chi connectivity index (χ0n) is 18.7. The first-order valence-corrected chi connectivity index (χ1v) is 12.3. The Balaban J connectivity index is 1.33. The van der Waals surface area contributed by atoms with Gasteiger partial charge in [-0.25, -0.2) is 13.2 Å². The summed E-state index contributed by atoms with van der Waals surface area (Å²) >= 11 is 0. The van der Waals surface area contributed by atoms with Gasteiger partial charge in [-0.1, -0.05) is 57.6 Å². The molecule has 1 aromatic rings. The van der Waals surface area contributed by atoms with Crippen molar-refractivity contribution in [2.45, 2.75) is 96.8 Å². The van der Waals surface area contributed by atoms with Crippen LogP contribution in [0.25, 0.3) is 0 Å². The molecule has 0 spiro atoms. The van der Waals surface area contributed by atoms with Crippen molar-refractivity contribution >= 4 is 0 Å². The molecule has 1 aromatic carbocycles. The second-order valence-corrected chi connectivity index (χ2v) is 9.84. The van der Waals surface area contributed by atoms with Gasteiger partial charge < -0.3 is 0 Å². The third-order valence-electron chi connectivity index (χ3n) is 7.70. The summed E-state index contributed by atoms with van der Waals surface area (Å²) in [6.45, 7) is 2.29. The van der Waals surface area contributed by atoms with Crippen LogP contribution in [0.3, 0.4) is 0 Å². The Morgan fingerprint density at radius 1 is 0.767 bits per heavy atom. The Morgan fingerprint density at radius 2 is 1.33 bits per heavy atom. The predicted octanol–water partition coefficient (Wildman–Crippen LogP) is 8.79. The number of hydrogen-bond acceptors (Lipinski definition) is 0. The van der Waals surface area contributed by atoms with Gasteiger partial charge in [0, 0.05) is 0 Å². The average molecular weight is 421 g/mol. The number of allylic oxidation sites excluding steroid dienone is 2. The van der Waals surface area contributed by atoms with Crippen LogP contribution in [0.4, 0.5) is 13.2 Å². The summed E-state index contributed by atoms with van der Waals surface area (Å²) in [4.78, 5) is 0. The number of unbranched alkanes of at least 4 members (excludes halogenated alkanes) is 2. The van der Waals surface area contributed by atoms with Gasteiger partial charge >= 0.3 is 0 Å². The first kappa shape index (κ1) is 23.4. The molecular formula is C27H39F3. The smallest absolute Gasteiger partial charge is 0.194 e. The Morgan fingerprint density at radius 3 is 1.90 bits per heavy atom. The van der Waals surface area contributed by atoms with Crippen LogP contribution in [0, 0.1) is 41.1 Å². The van der Waals surface area contributed by atoms with E-state index in [1.54, 1.807) is 0 Å². The van der Waals surface area contributed by atoms with E-state index in [1.165, 1.54) is 77.0 Å². The molecule has 0 saturated heterocycles. The van der Waals surface area contributed by atoms with E-state index in [-0.39, 0.29) is 0 Å². The highest BCUT2D eigenvalue weighted by Gasteiger charge is 2.30. The summed E-state index contributed by atoms with van der Waals surface area (Å²) in [7, 11) is 0. The summed E-state index contributed by atoms with van der Waals surface area (Å²) in [6.07, 6.45) is 22.4. The maximum Gasteiger partial charge on any atom is 0.194 e. The van der Waals surface area contributed by atoms with Crippen molar-refractivity contribution in [1.29, 1.82) is 0 Å². The van der Waals surface area contributed by atoms with Gasteiger partial charge in [0.2, 0.25) is 0 Å². The van der Waals surface area contributed by atoms with Crippen molar-refractivity contribution in [3.63, 3.8) is 0 Å². The summed E-state index contributed by atoms with van der Waals surface area (Å²) < 4.78 is 39.6. The van der Waals surface area contributed by atoms with Gasteiger partial charge in [0.15, 0.2) is 17.5 Å². The largest absolute Gasteiger partial charge is 0.204 e. The van der Waals surface area contributed by atoms with Crippen molar-refractivity contribution < 1.29 is 13.2 Å². The molecule has 3 heteroatoms. The predicted molar refractivity (Wildman–Crippen MR) is 119 cm³/mol. The highest BCUT2D eigenvalue weighted by molar-refractivity contribution is 5.21. The van der Waals surface area contributed by atoms with Crippen molar-refractivity contribution in [1.82, 2.24) is 0 Å². The van der Waals surface area contributed by atoms with E-state index in [9.17, 15) is 13.2 Å². The molecule has 168 valence electrons. The molecule has 0 aromatic heterocycles. The maximum absolute atomic E-state index is 13.3. The molecule has 0 aliphatic heterocycles. The minimum atomic E-state index is -1.38. The van der Waals surface area contributed by atoms with Gasteiger partial charge in [0.1, 0.15) is 0 Å². The Bertz CT molecular complexity index is 642. The summed E-state index contributed by atoms with van der Waals surface area (Å²) in [6, 6.07) is 2.18. The standard InChI is InChI=1S/C27H39F3/c1-2-3-4-7-20-10-14-23(15-11-20)24-16-12-21(13-17-24)8-5-6-9-22-18-25(28)27(30)26(29)19-22/h5-6,18-21,23-24H,2-4,7-17H2,1H3/b6-5-. The molecule has 0 amide bonds. The lowest BCUT2D eigenvalue weighted by Gasteiger charge is -2.37. The molecule has 30 heavy (non-hydrogen) atoms. The highest BCUT2D eigenvalue weighted by atomic mass is 19.2. The molecule has 0 heterocycles. The lowest BCUT2D eigenvalue weighted by Crippen LogP contribution is -2.25. The molecule has 0 unspecified atom stereocenters. The fourth-order valence-electron chi connectivity index (χ4n) is 5.76. The zero-order valence-corrected chi connectivity index (χ0v) is 18.7. The van der Waals surface area contributed by atoms with E-state index in [0.717, 1.165) is 42.2 Å². The Kier molecular flexibility index (Phi) is 9.33. The van der Waals surface area contributed by atoms with Crippen LogP contribution in [0.2, 0.25) is 0 Å². The van der Waals surface area contributed by atoms with E-state index in [0.29, 0.717) is 12.0 Å². The van der Waals surface area contributed by atoms with Crippen LogP contribution in [0.15, 0.2) is 24.3 Å². The molecule has 0 bridgehead atoms. The fourth-order valence-corrected chi connectivity index (χ4v) is 5.76. The highest BCUT2D eigenvalue weighted by Crippen LogP contribution is 2.42. The van der Waals surface area contributed by atoms with Crippen LogP contribution < -0.4 is 0 Å². The SMILES string of the molecule is CCCCCC1CCC(C2CCC(C/C=C\Cc3cc(F)c(F)c(F)c3)CC2)CC1. The minimum absolute atomic E-state index is 0.449. The quantitative estimate of drug-likeness (QED) is 0.213. The van der Waals surface area contributed by atoms with Crippen molar-refractivity contribution in [2.24, 2.45) is 23.7 Å². The molecule has 0 N–H and O–H groups in total. The van der Waals surface area contributed by atoms with Crippen LogP contribution in [-0.2, 0) is 6.42 Å². The van der Waals surface area contributed by atoms with Gasteiger partial charge in [-0.05, 0) is 92.7 Å². The second kappa shape index (κ2) is 12.0. The number of halogens is 3. The first-order chi connectivity index (χ1) is 14.6. The van der Waals surface area contributed by atoms with Crippen LogP contribution in [0.1, 0.15) is 96.0 Å². The molecule has 3 rings (SSSR count). The lowest BCUT2D eigenvalue weighted by atomic mass is 9.68. The second-order valence-electron chi connectivity index (χ2n) is 9.84. The summed E-state index contributed by atoms with van der Waals surface area (Å²) in [5.41, 5.74) is 0.483. The topological polar surface area (TPSA) is 0 Å². The number of hydrogen-bond donors (Lipinski definition) is 0.